The highest BCUT2D eigenvalue weighted by Gasteiger charge is 2.27. The van der Waals surface area contributed by atoms with Gasteiger partial charge in [-0.25, -0.2) is 4.79 Å². The molecule has 4 heteroatoms. The molecule has 0 radical (unpaired) electrons. The van der Waals surface area contributed by atoms with E-state index in [1.807, 2.05) is 11.6 Å². The van der Waals surface area contributed by atoms with Gasteiger partial charge in [0.25, 0.3) is 0 Å². The number of hydrogen-bond acceptors (Lipinski definition) is 2. The number of aromatic carboxylic acids is 1. The minimum atomic E-state index is -0.889. The molecule has 0 aliphatic rings. The normalized spacial score (nSPS) is 11.8. The molecular formula is C20H28N2O2. The molecule has 0 unspecified atom stereocenters. The molecular weight excluding hydrogens is 300 g/mol. The van der Waals surface area contributed by atoms with Crippen molar-refractivity contribution in [3.05, 3.63) is 51.3 Å². The molecule has 0 amide bonds. The molecule has 2 aromatic rings. The van der Waals surface area contributed by atoms with Gasteiger partial charge in [-0.05, 0) is 64.7 Å². The maximum atomic E-state index is 11.9. The predicted octanol–water partition coefficient (Wildman–Crippen LogP) is 4.41. The number of nitrogens with zero attached hydrogens (tertiary/aromatic N) is 2. The van der Waals surface area contributed by atoms with Crippen LogP contribution in [0.5, 0.6) is 0 Å². The van der Waals surface area contributed by atoms with Gasteiger partial charge in [0.2, 0.25) is 0 Å². The highest BCUT2D eigenvalue weighted by atomic mass is 16.4. The Balaban J connectivity index is 2.63. The summed E-state index contributed by atoms with van der Waals surface area (Å²) in [7, 11) is 0. The Bertz CT molecular complexity index is 757. The number of carboxylic acids is 1. The van der Waals surface area contributed by atoms with E-state index in [1.165, 1.54) is 22.3 Å². The molecule has 1 aromatic heterocycles. The Labute approximate surface area is 144 Å². The first-order valence-corrected chi connectivity index (χ1v) is 8.47. The molecule has 0 atom stereocenters. The summed E-state index contributed by atoms with van der Waals surface area (Å²) >= 11 is 0. The zero-order valence-corrected chi connectivity index (χ0v) is 15.8. The van der Waals surface area contributed by atoms with Gasteiger partial charge in [0.1, 0.15) is 5.56 Å². The van der Waals surface area contributed by atoms with E-state index in [0.29, 0.717) is 24.1 Å². The third kappa shape index (κ3) is 3.37. The van der Waals surface area contributed by atoms with Gasteiger partial charge in [0, 0.05) is 6.42 Å². The first kappa shape index (κ1) is 18.2. The van der Waals surface area contributed by atoms with Crippen molar-refractivity contribution < 1.29 is 9.90 Å². The minimum Gasteiger partial charge on any atom is -0.478 e. The molecule has 4 nitrogen and oxygen atoms in total. The Morgan fingerprint density at radius 3 is 2.12 bits per heavy atom. The summed E-state index contributed by atoms with van der Waals surface area (Å²) in [6.07, 6.45) is 1.20. The summed E-state index contributed by atoms with van der Waals surface area (Å²) < 4.78 is 1.88. The van der Waals surface area contributed by atoms with Crippen molar-refractivity contribution in [3.8, 4) is 0 Å². The van der Waals surface area contributed by atoms with Crippen molar-refractivity contribution in [2.75, 3.05) is 0 Å². The summed E-state index contributed by atoms with van der Waals surface area (Å²) in [6, 6.07) is 4.29. The number of carbonyl (C=O) groups is 1. The van der Waals surface area contributed by atoms with E-state index in [0.717, 1.165) is 5.69 Å². The molecule has 1 N–H and O–H groups in total. The van der Waals surface area contributed by atoms with Gasteiger partial charge in [-0.1, -0.05) is 24.6 Å². The largest absolute Gasteiger partial charge is 0.478 e. The Kier molecular flexibility index (Phi) is 4.88. The number of aromatic nitrogens is 2. The van der Waals surface area contributed by atoms with Crippen LogP contribution in [0.2, 0.25) is 0 Å². The number of hydrogen-bond donors (Lipinski definition) is 1. The summed E-state index contributed by atoms with van der Waals surface area (Å²) in [6.45, 7) is 14.4. The summed E-state index contributed by atoms with van der Waals surface area (Å²) in [5, 5.41) is 14.5. The second-order valence-electron chi connectivity index (χ2n) is 7.56. The Morgan fingerprint density at radius 1 is 1.17 bits per heavy atom. The van der Waals surface area contributed by atoms with Crippen LogP contribution >= 0.6 is 0 Å². The third-order valence-corrected chi connectivity index (χ3v) is 4.42. The lowest BCUT2D eigenvalue weighted by Gasteiger charge is -2.22. The van der Waals surface area contributed by atoms with Crippen LogP contribution in [0.4, 0.5) is 0 Å². The van der Waals surface area contributed by atoms with Gasteiger partial charge in [-0.2, -0.15) is 5.10 Å². The third-order valence-electron chi connectivity index (χ3n) is 4.42. The molecule has 24 heavy (non-hydrogen) atoms. The predicted molar refractivity (Wildman–Crippen MR) is 97.0 cm³/mol. The number of rotatable bonds is 4. The lowest BCUT2D eigenvalue weighted by Crippen LogP contribution is -2.25. The topological polar surface area (TPSA) is 55.1 Å². The van der Waals surface area contributed by atoms with Crippen LogP contribution in [-0.4, -0.2) is 20.9 Å². The summed E-state index contributed by atoms with van der Waals surface area (Å²) in [4.78, 5) is 11.9. The van der Waals surface area contributed by atoms with Crippen molar-refractivity contribution in [2.45, 2.75) is 66.8 Å². The van der Waals surface area contributed by atoms with E-state index in [9.17, 15) is 9.90 Å². The second kappa shape index (κ2) is 6.42. The van der Waals surface area contributed by atoms with Crippen LogP contribution in [0.1, 0.15) is 71.7 Å². The monoisotopic (exact) mass is 328 g/mol. The van der Waals surface area contributed by atoms with E-state index in [-0.39, 0.29) is 5.54 Å². The van der Waals surface area contributed by atoms with Gasteiger partial charge in [-0.3, -0.25) is 4.68 Å². The van der Waals surface area contributed by atoms with Crippen LogP contribution in [0.25, 0.3) is 0 Å². The molecule has 130 valence electrons. The summed E-state index contributed by atoms with van der Waals surface area (Å²) in [5.41, 5.74) is 6.35. The maximum absolute atomic E-state index is 11.9. The van der Waals surface area contributed by atoms with Gasteiger partial charge in [0.15, 0.2) is 0 Å². The smallest absolute Gasteiger partial charge is 0.339 e. The van der Waals surface area contributed by atoms with E-state index >= 15 is 0 Å². The van der Waals surface area contributed by atoms with E-state index in [4.69, 9.17) is 5.10 Å². The molecule has 1 heterocycles. The van der Waals surface area contributed by atoms with Crippen LogP contribution in [0.15, 0.2) is 12.1 Å². The maximum Gasteiger partial charge on any atom is 0.339 e. The molecule has 2 rings (SSSR count). The molecule has 0 saturated heterocycles. The second-order valence-corrected chi connectivity index (χ2v) is 7.56. The Morgan fingerprint density at radius 2 is 1.71 bits per heavy atom. The average Bonchev–Trinajstić information content (AvgIpc) is 2.81. The number of benzene rings is 1. The first-order valence-electron chi connectivity index (χ1n) is 8.47. The quantitative estimate of drug-likeness (QED) is 0.904. The molecule has 1 aromatic carbocycles. The van der Waals surface area contributed by atoms with E-state index < -0.39 is 5.97 Å². The van der Waals surface area contributed by atoms with Crippen LogP contribution < -0.4 is 0 Å². The van der Waals surface area contributed by atoms with Crippen molar-refractivity contribution in [1.82, 2.24) is 9.78 Å². The van der Waals surface area contributed by atoms with Crippen LogP contribution in [-0.2, 0) is 18.4 Å². The molecule has 0 saturated carbocycles. The first-order chi connectivity index (χ1) is 11.1. The zero-order valence-electron chi connectivity index (χ0n) is 15.8. The fourth-order valence-corrected chi connectivity index (χ4v) is 3.41. The lowest BCUT2D eigenvalue weighted by atomic mass is 9.94. The van der Waals surface area contributed by atoms with Crippen LogP contribution in [0, 0.1) is 20.8 Å². The molecule has 0 aliphatic carbocycles. The Hall–Kier alpha value is -2.10. The standard InChI is InChI=1S/C20H28N2O2/c1-8-17-18(19(23)24)16(21-22(17)20(5,6)7)11-15-13(3)9-12(2)10-14(15)4/h9-10H,8,11H2,1-7H3,(H,23,24). The van der Waals surface area contributed by atoms with Gasteiger partial charge in [0.05, 0.1) is 16.9 Å². The fourth-order valence-electron chi connectivity index (χ4n) is 3.41. The van der Waals surface area contributed by atoms with Crippen molar-refractivity contribution in [3.63, 3.8) is 0 Å². The van der Waals surface area contributed by atoms with Crippen LogP contribution in [0.3, 0.4) is 0 Å². The molecule has 0 aliphatic heterocycles. The molecule has 0 spiro atoms. The average molecular weight is 328 g/mol. The fraction of sp³-hybridized carbons (Fsp3) is 0.500. The highest BCUT2D eigenvalue weighted by molar-refractivity contribution is 5.90. The molecule has 0 fully saturated rings. The SMILES string of the molecule is CCc1c(C(=O)O)c(Cc2c(C)cc(C)cc2C)nn1C(C)(C)C. The molecule has 0 bridgehead atoms. The van der Waals surface area contributed by atoms with Crippen molar-refractivity contribution in [1.29, 1.82) is 0 Å². The van der Waals surface area contributed by atoms with Crippen molar-refractivity contribution >= 4 is 5.97 Å². The van der Waals surface area contributed by atoms with Gasteiger partial charge < -0.3 is 5.11 Å². The van der Waals surface area contributed by atoms with E-state index in [1.54, 1.807) is 0 Å². The van der Waals surface area contributed by atoms with Gasteiger partial charge >= 0.3 is 5.97 Å². The van der Waals surface area contributed by atoms with E-state index in [2.05, 4.69) is 53.7 Å². The highest BCUT2D eigenvalue weighted by Crippen LogP contribution is 2.27. The lowest BCUT2D eigenvalue weighted by molar-refractivity contribution is 0.0694. The summed E-state index contributed by atoms with van der Waals surface area (Å²) in [5.74, 6) is -0.889. The number of aryl methyl sites for hydroxylation is 3. The van der Waals surface area contributed by atoms with Gasteiger partial charge in [-0.15, -0.1) is 0 Å². The van der Waals surface area contributed by atoms with Crippen molar-refractivity contribution in [2.24, 2.45) is 0 Å². The number of carboxylic acid groups (broad SMARTS) is 1. The zero-order chi connectivity index (χ0) is 18.2. The minimum absolute atomic E-state index is 0.245.